The fraction of sp³-hybridized carbons (Fsp3) is 0.174. The van der Waals surface area contributed by atoms with Crippen LogP contribution in [-0.2, 0) is 13.2 Å². The third-order valence-corrected chi connectivity index (χ3v) is 4.12. The van der Waals surface area contributed by atoms with Crippen molar-refractivity contribution in [3.63, 3.8) is 0 Å². The van der Waals surface area contributed by atoms with Gasteiger partial charge in [0, 0.05) is 5.56 Å². The maximum absolute atomic E-state index is 12.2. The number of carbonyl (C=O) groups excluding carboxylic acids is 1. The monoisotopic (exact) mass is 361 g/mol. The van der Waals surface area contributed by atoms with Gasteiger partial charge in [0.25, 0.3) is 0 Å². The average Bonchev–Trinajstić information content (AvgIpc) is 2.72. The van der Waals surface area contributed by atoms with Crippen LogP contribution in [0, 0.1) is 0 Å². The molecule has 0 spiro atoms. The van der Waals surface area contributed by atoms with Gasteiger partial charge >= 0.3 is 0 Å². The summed E-state index contributed by atoms with van der Waals surface area (Å²) in [5, 5.41) is 0. The molecule has 0 unspecified atom stereocenters. The molecule has 0 radical (unpaired) electrons. The van der Waals surface area contributed by atoms with Crippen molar-refractivity contribution in [2.45, 2.75) is 26.2 Å². The highest BCUT2D eigenvalue weighted by Gasteiger charge is 2.15. The summed E-state index contributed by atoms with van der Waals surface area (Å²) in [6, 6.07) is 24.4. The molecular formula is C23H23NO3. The van der Waals surface area contributed by atoms with E-state index in [4.69, 9.17) is 15.2 Å². The van der Waals surface area contributed by atoms with Crippen LogP contribution in [0.3, 0.4) is 0 Å². The molecule has 0 aliphatic rings. The lowest BCUT2D eigenvalue weighted by Crippen LogP contribution is -2.26. The van der Waals surface area contributed by atoms with Crippen molar-refractivity contribution in [3.8, 4) is 11.5 Å². The van der Waals surface area contributed by atoms with Crippen LogP contribution in [-0.4, -0.2) is 11.8 Å². The van der Waals surface area contributed by atoms with Crippen molar-refractivity contribution < 1.29 is 14.3 Å². The number of hydrogen-bond donors (Lipinski definition) is 1. The van der Waals surface area contributed by atoms with Crippen molar-refractivity contribution >= 4 is 5.78 Å². The molecule has 1 atom stereocenters. The molecule has 3 rings (SSSR count). The molecule has 0 bridgehead atoms. The van der Waals surface area contributed by atoms with Gasteiger partial charge in [-0.3, -0.25) is 4.79 Å². The molecule has 0 aromatic heterocycles. The van der Waals surface area contributed by atoms with E-state index >= 15 is 0 Å². The summed E-state index contributed by atoms with van der Waals surface area (Å²) in [7, 11) is 0. The molecule has 0 amide bonds. The van der Waals surface area contributed by atoms with Crippen molar-refractivity contribution in [2.75, 3.05) is 0 Å². The van der Waals surface area contributed by atoms with Crippen molar-refractivity contribution in [2.24, 2.45) is 5.73 Å². The molecule has 138 valence electrons. The summed E-state index contributed by atoms with van der Waals surface area (Å²) < 4.78 is 11.9. The Morgan fingerprint density at radius 1 is 0.815 bits per heavy atom. The molecular weight excluding hydrogens is 338 g/mol. The number of ketones is 1. The summed E-state index contributed by atoms with van der Waals surface area (Å²) in [6.07, 6.45) is 0. The molecule has 2 N–H and O–H groups in total. The van der Waals surface area contributed by atoms with Crippen molar-refractivity contribution in [1.29, 1.82) is 0 Å². The number of Topliss-reactive ketones (excluding diaryl/α,β-unsaturated/α-hetero) is 1. The van der Waals surface area contributed by atoms with Gasteiger partial charge in [0.2, 0.25) is 0 Å². The molecule has 0 heterocycles. The quantitative estimate of drug-likeness (QED) is 0.605. The smallest absolute Gasteiger partial charge is 0.179 e. The van der Waals surface area contributed by atoms with Crippen LogP contribution < -0.4 is 15.2 Å². The van der Waals surface area contributed by atoms with Gasteiger partial charge in [-0.05, 0) is 36.2 Å². The van der Waals surface area contributed by atoms with Gasteiger partial charge in [0.15, 0.2) is 17.3 Å². The largest absolute Gasteiger partial charge is 0.485 e. The summed E-state index contributed by atoms with van der Waals surface area (Å²) in [5.74, 6) is 0.992. The maximum Gasteiger partial charge on any atom is 0.179 e. The van der Waals surface area contributed by atoms with E-state index in [1.807, 2.05) is 60.7 Å². The van der Waals surface area contributed by atoms with Crippen molar-refractivity contribution in [1.82, 2.24) is 0 Å². The Hall–Kier alpha value is -3.11. The lowest BCUT2D eigenvalue weighted by molar-refractivity contribution is 0.0967. The summed E-state index contributed by atoms with van der Waals surface area (Å²) in [5.41, 5.74) is 8.34. The van der Waals surface area contributed by atoms with E-state index in [9.17, 15) is 4.79 Å². The fourth-order valence-electron chi connectivity index (χ4n) is 2.63. The molecule has 0 saturated heterocycles. The first-order chi connectivity index (χ1) is 13.1. The second-order valence-electron chi connectivity index (χ2n) is 6.36. The zero-order valence-corrected chi connectivity index (χ0v) is 15.3. The first kappa shape index (κ1) is 18.7. The van der Waals surface area contributed by atoms with Crippen LogP contribution in [0.2, 0.25) is 0 Å². The highest BCUT2D eigenvalue weighted by molar-refractivity contribution is 6.00. The minimum absolute atomic E-state index is 0.130. The number of rotatable bonds is 8. The number of carbonyl (C=O) groups is 1. The topological polar surface area (TPSA) is 61.6 Å². The van der Waals surface area contributed by atoms with Gasteiger partial charge in [-0.1, -0.05) is 60.7 Å². The van der Waals surface area contributed by atoms with Gasteiger partial charge in [0.1, 0.15) is 13.2 Å². The zero-order chi connectivity index (χ0) is 19.1. The lowest BCUT2D eigenvalue weighted by atomic mass is 10.1. The SMILES string of the molecule is C[C@@H](N)C(=O)c1ccc(OCc2ccccc2)c(OCc2ccccc2)c1. The van der Waals surface area contributed by atoms with Crippen LogP contribution >= 0.6 is 0 Å². The van der Waals surface area contributed by atoms with Gasteiger partial charge < -0.3 is 15.2 Å². The second-order valence-corrected chi connectivity index (χ2v) is 6.36. The predicted molar refractivity (Wildman–Crippen MR) is 106 cm³/mol. The Labute approximate surface area is 159 Å². The standard InChI is InChI=1S/C23H23NO3/c1-17(24)23(25)20-12-13-21(26-15-18-8-4-2-5-9-18)22(14-20)27-16-19-10-6-3-7-11-19/h2-14,17H,15-16,24H2,1H3/t17-/m1/s1. The minimum atomic E-state index is -0.567. The van der Waals surface area contributed by atoms with Gasteiger partial charge in [0.05, 0.1) is 6.04 Å². The molecule has 4 heteroatoms. The third-order valence-electron chi connectivity index (χ3n) is 4.12. The first-order valence-corrected chi connectivity index (χ1v) is 8.91. The van der Waals surface area contributed by atoms with E-state index in [-0.39, 0.29) is 5.78 Å². The van der Waals surface area contributed by atoms with Crippen LogP contribution in [0.25, 0.3) is 0 Å². The highest BCUT2D eigenvalue weighted by atomic mass is 16.5. The van der Waals surface area contributed by atoms with Gasteiger partial charge in [-0.25, -0.2) is 0 Å². The van der Waals surface area contributed by atoms with Crippen LogP contribution in [0.1, 0.15) is 28.4 Å². The molecule has 0 fully saturated rings. The van der Waals surface area contributed by atoms with Crippen LogP contribution in [0.15, 0.2) is 78.9 Å². The van der Waals surface area contributed by atoms with E-state index < -0.39 is 6.04 Å². The van der Waals surface area contributed by atoms with E-state index in [1.165, 1.54) is 0 Å². The van der Waals surface area contributed by atoms with Gasteiger partial charge in [-0.15, -0.1) is 0 Å². The maximum atomic E-state index is 12.2. The average molecular weight is 361 g/mol. The van der Waals surface area contributed by atoms with Crippen LogP contribution in [0.5, 0.6) is 11.5 Å². The molecule has 0 aliphatic heterocycles. The Balaban J connectivity index is 1.80. The lowest BCUT2D eigenvalue weighted by Gasteiger charge is -2.15. The van der Waals surface area contributed by atoms with E-state index in [0.29, 0.717) is 30.3 Å². The Kier molecular flexibility index (Phi) is 6.23. The molecule has 0 aliphatic carbocycles. The number of benzene rings is 3. The summed E-state index contributed by atoms with van der Waals surface area (Å²) in [4.78, 5) is 12.2. The van der Waals surface area contributed by atoms with Gasteiger partial charge in [-0.2, -0.15) is 0 Å². The molecule has 3 aromatic rings. The highest BCUT2D eigenvalue weighted by Crippen LogP contribution is 2.30. The van der Waals surface area contributed by atoms with E-state index in [1.54, 1.807) is 25.1 Å². The number of nitrogens with two attached hydrogens (primary N) is 1. The number of hydrogen-bond acceptors (Lipinski definition) is 4. The second kappa shape index (κ2) is 9.01. The zero-order valence-electron chi connectivity index (χ0n) is 15.3. The van der Waals surface area contributed by atoms with Crippen LogP contribution in [0.4, 0.5) is 0 Å². The molecule has 4 nitrogen and oxygen atoms in total. The normalized spacial score (nSPS) is 11.6. The fourth-order valence-corrected chi connectivity index (χ4v) is 2.63. The third kappa shape index (κ3) is 5.19. The Morgan fingerprint density at radius 2 is 1.33 bits per heavy atom. The minimum Gasteiger partial charge on any atom is -0.485 e. The van der Waals surface area contributed by atoms with E-state index in [2.05, 4.69) is 0 Å². The molecule has 0 saturated carbocycles. The summed E-state index contributed by atoms with van der Waals surface area (Å²) in [6.45, 7) is 2.48. The first-order valence-electron chi connectivity index (χ1n) is 8.91. The summed E-state index contributed by atoms with van der Waals surface area (Å²) >= 11 is 0. The Morgan fingerprint density at radius 3 is 1.85 bits per heavy atom. The Bertz CT molecular complexity index is 877. The number of ether oxygens (including phenoxy) is 2. The predicted octanol–water partition coefficient (Wildman–Crippen LogP) is 4.37. The molecule has 3 aromatic carbocycles. The van der Waals surface area contributed by atoms with Crippen molar-refractivity contribution in [3.05, 3.63) is 95.6 Å². The molecule has 27 heavy (non-hydrogen) atoms. The van der Waals surface area contributed by atoms with E-state index in [0.717, 1.165) is 11.1 Å².